The van der Waals surface area contributed by atoms with Crippen molar-refractivity contribution in [3.63, 3.8) is 0 Å². The summed E-state index contributed by atoms with van der Waals surface area (Å²) in [4.78, 5) is 0. The van der Waals surface area contributed by atoms with Crippen molar-refractivity contribution in [3.05, 3.63) is 182 Å². The van der Waals surface area contributed by atoms with E-state index in [1.165, 1.54) is 31.8 Å². The molecule has 0 spiro atoms. The van der Waals surface area contributed by atoms with Crippen molar-refractivity contribution >= 4 is 74.9 Å². The molecule has 0 heterocycles. The van der Waals surface area contributed by atoms with Crippen LogP contribution in [0.1, 0.15) is 0 Å². The van der Waals surface area contributed by atoms with E-state index in [1.807, 2.05) is 0 Å². The summed E-state index contributed by atoms with van der Waals surface area (Å²) in [5.41, 5.74) is 0. The van der Waals surface area contributed by atoms with Crippen molar-refractivity contribution in [1.29, 1.82) is 0 Å². The molecule has 0 unspecified atom stereocenters. The Hall–Kier alpha value is -2.24. The molecule has 0 saturated carbocycles. The van der Waals surface area contributed by atoms with Crippen LogP contribution < -0.4 is 31.8 Å². The van der Waals surface area contributed by atoms with Gasteiger partial charge in [0.25, 0.3) is 0 Å². The van der Waals surface area contributed by atoms with Crippen molar-refractivity contribution in [1.82, 2.24) is 0 Å². The zero-order valence-electron chi connectivity index (χ0n) is 22.7. The van der Waals surface area contributed by atoms with Gasteiger partial charge < -0.3 is 0 Å². The van der Waals surface area contributed by atoms with Gasteiger partial charge in [0.1, 0.15) is 0 Å². The molecule has 0 nitrogen and oxygen atoms in total. The van der Waals surface area contributed by atoms with Gasteiger partial charge in [-0.15, -0.1) is 0 Å². The minimum absolute atomic E-state index is 0.250. The first-order valence-corrected chi connectivity index (χ1v) is 29.9. The normalized spacial score (nSPS) is 10.0. The molecule has 41 heavy (non-hydrogen) atoms. The minimum atomic E-state index is -0.446. The van der Waals surface area contributed by atoms with Crippen LogP contribution in [0.2, 0.25) is 0 Å². The molecule has 6 rings (SSSR count). The second kappa shape index (κ2) is 18.3. The standard InChI is InChI=1S/2C18H15P.2BrH.Zn/c2*1-4-10-16(11-5-1)19(17-12-6-2-7-13-17)18-14-8-3-9-15-18;;;/h2*1-15H;2*1H;/q;;;;+2/p-2. The predicted octanol–water partition coefficient (Wildman–Crippen LogP) is 8.58. The first kappa shape index (κ1) is 31.7. The average molecular weight is 750 g/mol. The molecule has 0 atom stereocenters. The maximum Gasteiger partial charge on any atom is -0.0134 e. The molecule has 0 aliphatic heterocycles. The smallest absolute Gasteiger partial charge is 0.0134 e. The molecule has 0 fully saturated rings. The van der Waals surface area contributed by atoms with Gasteiger partial charge in [-0.3, -0.25) is 0 Å². The third-order valence-corrected chi connectivity index (χ3v) is 11.0. The van der Waals surface area contributed by atoms with E-state index in [2.05, 4.69) is 209 Å². The fraction of sp³-hybridized carbons (Fsp3) is 0. The van der Waals surface area contributed by atoms with Gasteiger partial charge in [-0.2, -0.15) is 0 Å². The number of hydrogen-bond acceptors (Lipinski definition) is 0. The van der Waals surface area contributed by atoms with Crippen LogP contribution in [0.4, 0.5) is 0 Å². The van der Waals surface area contributed by atoms with E-state index >= 15 is 0 Å². The van der Waals surface area contributed by atoms with Crippen LogP contribution >= 0.6 is 43.1 Å². The molecule has 200 valence electrons. The van der Waals surface area contributed by atoms with Crippen LogP contribution in [0.25, 0.3) is 0 Å². The first-order valence-electron chi connectivity index (χ1n) is 13.3. The molecule has 0 saturated heterocycles. The zero-order valence-corrected chi connectivity index (χ0v) is 30.6. The summed E-state index contributed by atoms with van der Waals surface area (Å²) < 4.78 is 0. The van der Waals surface area contributed by atoms with Crippen molar-refractivity contribution in [2.24, 2.45) is 0 Å². The summed E-state index contributed by atoms with van der Waals surface area (Å²) in [6.07, 6.45) is 0. The Balaban J connectivity index is 0.000000173. The van der Waals surface area contributed by atoms with Crippen molar-refractivity contribution in [2.75, 3.05) is 0 Å². The summed E-state index contributed by atoms with van der Waals surface area (Å²) >= 11 is 6.25. The van der Waals surface area contributed by atoms with Crippen molar-refractivity contribution in [3.8, 4) is 0 Å². The summed E-state index contributed by atoms with van der Waals surface area (Å²) in [6.45, 7) is 0. The molecule has 0 aliphatic carbocycles. The Bertz CT molecular complexity index is 1200. The maximum atomic E-state index is 3.25. The number of rotatable bonds is 6. The second-order valence-corrected chi connectivity index (χ2v) is 27.3. The topological polar surface area (TPSA) is 0 Å². The first-order chi connectivity index (χ1) is 20.3. The van der Waals surface area contributed by atoms with Gasteiger partial charge in [0.05, 0.1) is 0 Å². The van der Waals surface area contributed by atoms with Crippen molar-refractivity contribution < 1.29 is 13.2 Å². The Kier molecular flexibility index (Phi) is 14.2. The van der Waals surface area contributed by atoms with Gasteiger partial charge in [0.15, 0.2) is 0 Å². The molecular formula is C36H30Br2P2Zn. The second-order valence-electron chi connectivity index (χ2n) is 8.79. The molecule has 0 bridgehead atoms. The minimum Gasteiger partial charge on any atom is -0.0622 e. The zero-order chi connectivity index (χ0) is 28.5. The Morgan fingerprint density at radius 1 is 0.268 bits per heavy atom. The summed E-state index contributed by atoms with van der Waals surface area (Å²) in [6, 6.07) is 64.7. The van der Waals surface area contributed by atoms with E-state index in [-0.39, 0.29) is 13.2 Å². The maximum absolute atomic E-state index is 3.25. The van der Waals surface area contributed by atoms with Gasteiger partial charge in [-0.1, -0.05) is 182 Å². The van der Waals surface area contributed by atoms with Gasteiger partial charge >= 0.3 is 40.5 Å². The van der Waals surface area contributed by atoms with E-state index in [0.29, 0.717) is 0 Å². The number of hydrogen-bond donors (Lipinski definition) is 0. The van der Waals surface area contributed by atoms with E-state index < -0.39 is 15.8 Å². The fourth-order valence-electron chi connectivity index (χ4n) is 4.36. The molecule has 5 heteroatoms. The van der Waals surface area contributed by atoms with Gasteiger partial charge in [-0.25, -0.2) is 0 Å². The average Bonchev–Trinajstić information content (AvgIpc) is 3.05. The monoisotopic (exact) mass is 746 g/mol. The summed E-state index contributed by atoms with van der Waals surface area (Å²) in [5.74, 6) is 0. The third-order valence-electron chi connectivity index (χ3n) is 6.09. The van der Waals surface area contributed by atoms with Gasteiger partial charge in [0.2, 0.25) is 0 Å². The molecule has 0 aromatic heterocycles. The molecular weight excluding hydrogens is 720 g/mol. The van der Waals surface area contributed by atoms with Gasteiger partial charge in [0, 0.05) is 0 Å². The van der Waals surface area contributed by atoms with Crippen LogP contribution in [0, 0.1) is 0 Å². The van der Waals surface area contributed by atoms with E-state index in [1.54, 1.807) is 0 Å². The van der Waals surface area contributed by atoms with Crippen LogP contribution in [0.5, 0.6) is 0 Å². The van der Waals surface area contributed by atoms with E-state index in [0.717, 1.165) is 0 Å². The molecule has 0 amide bonds. The van der Waals surface area contributed by atoms with Crippen LogP contribution in [0.15, 0.2) is 182 Å². The molecule has 0 N–H and O–H groups in total. The van der Waals surface area contributed by atoms with E-state index in [9.17, 15) is 0 Å². The predicted molar refractivity (Wildman–Crippen MR) is 188 cm³/mol. The molecule has 0 aliphatic rings. The SMILES string of the molecule is [Br][Zn][Br].c1ccc(P(c2ccccc2)c2ccccc2)cc1.c1ccc(P(c2ccccc2)c2ccccc2)cc1. The summed E-state index contributed by atoms with van der Waals surface area (Å²) in [5, 5.41) is 8.39. The summed E-state index contributed by atoms with van der Waals surface area (Å²) in [7, 11) is -0.892. The van der Waals surface area contributed by atoms with Gasteiger partial charge in [-0.05, 0) is 47.7 Å². The number of benzene rings is 6. The Labute approximate surface area is 268 Å². The third kappa shape index (κ3) is 9.92. The molecule has 6 aromatic carbocycles. The van der Waals surface area contributed by atoms with Crippen LogP contribution in [-0.2, 0) is 13.2 Å². The Morgan fingerprint density at radius 3 is 0.512 bits per heavy atom. The van der Waals surface area contributed by atoms with Crippen LogP contribution in [-0.4, -0.2) is 0 Å². The van der Waals surface area contributed by atoms with E-state index in [4.69, 9.17) is 0 Å². The molecule has 6 aromatic rings. The largest absolute Gasteiger partial charge is 0.0622 e. The van der Waals surface area contributed by atoms with Crippen LogP contribution in [0.3, 0.4) is 0 Å². The molecule has 0 radical (unpaired) electrons. The number of halogens is 2. The van der Waals surface area contributed by atoms with Crippen molar-refractivity contribution in [2.45, 2.75) is 0 Å². The Morgan fingerprint density at radius 2 is 0.390 bits per heavy atom. The quantitative estimate of drug-likeness (QED) is 0.118. The fourth-order valence-corrected chi connectivity index (χ4v) is 8.97.